The molecule has 0 aromatic heterocycles. The van der Waals surface area contributed by atoms with E-state index >= 15 is 0 Å². The van der Waals surface area contributed by atoms with Crippen LogP contribution in [-0.2, 0) is 23.8 Å². The Balaban J connectivity index is 1.92. The highest BCUT2D eigenvalue weighted by molar-refractivity contribution is 5.69. The Morgan fingerprint density at radius 2 is 2.03 bits per heavy atom. The number of aliphatic hydroxyl groups is 1. The van der Waals surface area contributed by atoms with Crippen molar-refractivity contribution < 1.29 is 28.9 Å². The zero-order chi connectivity index (χ0) is 21.9. The maximum Gasteiger partial charge on any atom is 0.305 e. The molecule has 6 nitrogen and oxygen atoms in total. The van der Waals surface area contributed by atoms with Crippen molar-refractivity contribution in [2.24, 2.45) is 11.8 Å². The fourth-order valence-electron chi connectivity index (χ4n) is 4.50. The van der Waals surface area contributed by atoms with E-state index in [0.717, 1.165) is 44.9 Å². The Labute approximate surface area is 180 Å². The van der Waals surface area contributed by atoms with Crippen LogP contribution in [0.25, 0.3) is 0 Å². The number of carbonyl (C=O) groups is 2. The van der Waals surface area contributed by atoms with Gasteiger partial charge in [-0.15, -0.1) is 0 Å². The van der Waals surface area contributed by atoms with E-state index in [2.05, 4.69) is 29.9 Å². The molecule has 2 rings (SSSR count). The summed E-state index contributed by atoms with van der Waals surface area (Å²) >= 11 is 0. The molecule has 0 saturated carbocycles. The van der Waals surface area contributed by atoms with Crippen LogP contribution in [0, 0.1) is 11.8 Å². The third kappa shape index (κ3) is 7.55. The standard InChI is InChI=1S/C24H38O6/c1-4-5-8-11-18(29-17(2)25)14-15-19-20(24-21(26)16-22(19)30-24)12-9-6-7-10-13-23(27)28-3/h6,9,14-15,18-22,24,26H,4-5,7-8,10-13,16H2,1-3H3/b9-6-,15-14+/t18?,19-,20+,21+,22-,24-/m1/s1. The molecule has 2 fully saturated rings. The van der Waals surface area contributed by atoms with Crippen LogP contribution in [0.3, 0.4) is 0 Å². The van der Waals surface area contributed by atoms with Crippen LogP contribution in [0.4, 0.5) is 0 Å². The molecule has 0 aromatic rings. The topological polar surface area (TPSA) is 82.1 Å². The minimum Gasteiger partial charge on any atom is -0.469 e. The van der Waals surface area contributed by atoms with Gasteiger partial charge in [-0.2, -0.15) is 0 Å². The number of rotatable bonds is 13. The number of esters is 2. The first kappa shape index (κ1) is 24.6. The van der Waals surface area contributed by atoms with Crippen molar-refractivity contribution in [3.8, 4) is 0 Å². The van der Waals surface area contributed by atoms with Gasteiger partial charge in [0.15, 0.2) is 0 Å². The smallest absolute Gasteiger partial charge is 0.305 e. The van der Waals surface area contributed by atoms with Gasteiger partial charge in [-0.25, -0.2) is 0 Å². The van der Waals surface area contributed by atoms with Crippen molar-refractivity contribution in [1.29, 1.82) is 0 Å². The van der Waals surface area contributed by atoms with Gasteiger partial charge in [-0.3, -0.25) is 9.59 Å². The normalized spacial score (nSPS) is 29.0. The summed E-state index contributed by atoms with van der Waals surface area (Å²) in [5.74, 6) is -0.0190. The van der Waals surface area contributed by atoms with Crippen molar-refractivity contribution in [1.82, 2.24) is 0 Å². The number of fused-ring (bicyclic) bond motifs is 2. The van der Waals surface area contributed by atoms with E-state index in [1.807, 2.05) is 6.08 Å². The van der Waals surface area contributed by atoms with Crippen LogP contribution in [0.15, 0.2) is 24.3 Å². The van der Waals surface area contributed by atoms with E-state index in [9.17, 15) is 14.7 Å². The molecule has 0 spiro atoms. The molecule has 1 N–H and O–H groups in total. The lowest BCUT2D eigenvalue weighted by Crippen LogP contribution is -2.35. The highest BCUT2D eigenvalue weighted by Crippen LogP contribution is 2.46. The maximum absolute atomic E-state index is 11.5. The molecule has 0 aliphatic carbocycles. The molecule has 1 unspecified atom stereocenters. The summed E-state index contributed by atoms with van der Waals surface area (Å²) in [6, 6.07) is 0. The van der Waals surface area contributed by atoms with Crippen LogP contribution in [0.1, 0.15) is 71.6 Å². The summed E-state index contributed by atoms with van der Waals surface area (Å²) < 4.78 is 16.2. The number of hydrogen-bond acceptors (Lipinski definition) is 6. The van der Waals surface area contributed by atoms with Crippen molar-refractivity contribution in [3.63, 3.8) is 0 Å². The van der Waals surface area contributed by atoms with Crippen LogP contribution in [-0.4, -0.2) is 48.6 Å². The van der Waals surface area contributed by atoms with Gasteiger partial charge in [0.05, 0.1) is 25.4 Å². The molecule has 30 heavy (non-hydrogen) atoms. The Hall–Kier alpha value is -1.66. The molecule has 0 radical (unpaired) electrons. The molecule has 170 valence electrons. The van der Waals surface area contributed by atoms with Crippen LogP contribution in [0.2, 0.25) is 0 Å². The molecule has 2 aliphatic rings. The predicted molar refractivity (Wildman–Crippen MR) is 115 cm³/mol. The second-order valence-electron chi connectivity index (χ2n) is 8.39. The van der Waals surface area contributed by atoms with Crippen molar-refractivity contribution in [3.05, 3.63) is 24.3 Å². The number of carbonyl (C=O) groups excluding carboxylic acids is 2. The first-order chi connectivity index (χ1) is 14.5. The summed E-state index contributed by atoms with van der Waals surface area (Å²) in [5, 5.41) is 10.3. The zero-order valence-electron chi connectivity index (χ0n) is 18.6. The highest BCUT2D eigenvalue weighted by Gasteiger charge is 2.52. The van der Waals surface area contributed by atoms with Crippen molar-refractivity contribution >= 4 is 11.9 Å². The van der Waals surface area contributed by atoms with Gasteiger partial charge < -0.3 is 19.3 Å². The minimum absolute atomic E-state index is 0.0209. The van der Waals surface area contributed by atoms with Gasteiger partial charge in [0.25, 0.3) is 0 Å². The van der Waals surface area contributed by atoms with Gasteiger partial charge in [0.1, 0.15) is 6.10 Å². The number of hydrogen-bond donors (Lipinski definition) is 1. The monoisotopic (exact) mass is 422 g/mol. The summed E-state index contributed by atoms with van der Waals surface area (Å²) in [6.45, 7) is 3.60. The Morgan fingerprint density at radius 1 is 1.23 bits per heavy atom. The average molecular weight is 423 g/mol. The van der Waals surface area contributed by atoms with Gasteiger partial charge >= 0.3 is 11.9 Å². The largest absolute Gasteiger partial charge is 0.469 e. The molecule has 0 amide bonds. The van der Waals surface area contributed by atoms with Crippen LogP contribution < -0.4 is 0 Å². The average Bonchev–Trinajstić information content (AvgIpc) is 3.25. The minimum atomic E-state index is -0.411. The zero-order valence-corrected chi connectivity index (χ0v) is 18.6. The number of unbranched alkanes of at least 4 members (excludes halogenated alkanes) is 3. The second-order valence-corrected chi connectivity index (χ2v) is 8.39. The molecule has 0 aromatic carbocycles. The molecular weight excluding hydrogens is 384 g/mol. The molecular formula is C24H38O6. The SMILES string of the molecule is CCCCCC(/C=C/[C@@H]1[C@H](C/C=C\CCCC(=O)OC)[C@H]2O[C@@H]1C[C@@H]2O)OC(C)=O. The summed E-state index contributed by atoms with van der Waals surface area (Å²) in [5.41, 5.74) is 0. The third-order valence-electron chi connectivity index (χ3n) is 6.04. The van der Waals surface area contributed by atoms with E-state index in [1.165, 1.54) is 14.0 Å². The number of allylic oxidation sites excluding steroid dienone is 2. The first-order valence-electron chi connectivity index (χ1n) is 11.4. The van der Waals surface area contributed by atoms with E-state index < -0.39 is 6.10 Å². The van der Waals surface area contributed by atoms with E-state index in [0.29, 0.717) is 12.8 Å². The maximum atomic E-state index is 11.5. The second kappa shape index (κ2) is 12.9. The van der Waals surface area contributed by atoms with Gasteiger partial charge in [0.2, 0.25) is 0 Å². The molecule has 2 aliphatic heterocycles. The number of methoxy groups -OCH3 is 1. The lowest BCUT2D eigenvalue weighted by molar-refractivity contribution is -0.144. The van der Waals surface area contributed by atoms with E-state index in [1.54, 1.807) is 0 Å². The first-order valence-corrected chi connectivity index (χ1v) is 11.4. The lowest BCUT2D eigenvalue weighted by atomic mass is 9.76. The van der Waals surface area contributed by atoms with Crippen molar-refractivity contribution in [2.75, 3.05) is 7.11 Å². The Morgan fingerprint density at radius 3 is 2.73 bits per heavy atom. The van der Waals surface area contributed by atoms with Crippen molar-refractivity contribution in [2.45, 2.75) is 96.1 Å². The number of aliphatic hydroxyl groups excluding tert-OH is 1. The van der Waals surface area contributed by atoms with Gasteiger partial charge in [-0.1, -0.05) is 38.0 Å². The predicted octanol–water partition coefficient (Wildman–Crippen LogP) is 4.11. The molecule has 2 heterocycles. The van der Waals surface area contributed by atoms with E-state index in [4.69, 9.17) is 9.47 Å². The summed E-state index contributed by atoms with van der Waals surface area (Å²) in [7, 11) is 1.40. The lowest BCUT2D eigenvalue weighted by Gasteiger charge is -2.28. The van der Waals surface area contributed by atoms with Crippen LogP contribution >= 0.6 is 0 Å². The summed E-state index contributed by atoms with van der Waals surface area (Å²) in [4.78, 5) is 22.6. The van der Waals surface area contributed by atoms with Gasteiger partial charge in [0, 0.05) is 25.7 Å². The molecule has 2 saturated heterocycles. The highest BCUT2D eigenvalue weighted by atomic mass is 16.5. The van der Waals surface area contributed by atoms with Crippen LogP contribution in [0.5, 0.6) is 0 Å². The Kier molecular flexibility index (Phi) is 10.6. The Bertz CT molecular complexity index is 599. The number of ether oxygens (including phenoxy) is 3. The fraction of sp³-hybridized carbons (Fsp3) is 0.750. The fourth-order valence-corrected chi connectivity index (χ4v) is 4.50. The molecule has 6 heteroatoms. The quantitative estimate of drug-likeness (QED) is 0.273. The third-order valence-corrected chi connectivity index (χ3v) is 6.04. The van der Waals surface area contributed by atoms with Gasteiger partial charge in [-0.05, 0) is 44.1 Å². The molecule has 6 atom stereocenters. The summed E-state index contributed by atoms with van der Waals surface area (Å²) in [6.07, 6.45) is 15.3. The molecule has 2 bridgehead atoms. The van der Waals surface area contributed by atoms with E-state index in [-0.39, 0.29) is 42.1 Å².